The normalized spacial score (nSPS) is 20.1. The Balaban J connectivity index is 2.50. The largest absolute Gasteiger partial charge is 0.507 e. The predicted molar refractivity (Wildman–Crippen MR) is 52.2 cm³/mol. The highest BCUT2D eigenvalue weighted by Crippen LogP contribution is 2.48. The van der Waals surface area contributed by atoms with Crippen LogP contribution in [0.5, 0.6) is 11.5 Å². The van der Waals surface area contributed by atoms with Crippen molar-refractivity contribution in [2.75, 3.05) is 0 Å². The van der Waals surface area contributed by atoms with E-state index in [4.69, 9.17) is 23.2 Å². The molecule has 94 valence electrons. The van der Waals surface area contributed by atoms with Crippen molar-refractivity contribution >= 4 is 23.2 Å². The van der Waals surface area contributed by atoms with Gasteiger partial charge in [0.15, 0.2) is 11.5 Å². The van der Waals surface area contributed by atoms with Gasteiger partial charge in [0, 0.05) is 17.0 Å². The van der Waals surface area contributed by atoms with E-state index >= 15 is 0 Å². The number of fused-ring (bicyclic) bond motifs is 1. The van der Waals surface area contributed by atoms with Crippen molar-refractivity contribution < 1.29 is 27.0 Å². The highest BCUT2D eigenvalue weighted by Gasteiger charge is 2.66. The van der Waals surface area contributed by atoms with Gasteiger partial charge in [0.25, 0.3) is 0 Å². The average Bonchev–Trinajstić information content (AvgIpc) is 2.19. The first-order chi connectivity index (χ1) is 7.77. The fourth-order valence-electron chi connectivity index (χ4n) is 1.23. The average molecular weight is 291 g/mol. The zero-order valence-electron chi connectivity index (χ0n) is 7.95. The van der Waals surface area contributed by atoms with Gasteiger partial charge in [0.1, 0.15) is 0 Å². The molecule has 0 spiro atoms. The zero-order valence-corrected chi connectivity index (χ0v) is 9.46. The monoisotopic (exact) mass is 290 g/mol. The minimum atomic E-state index is -4.74. The number of hydrogen-bond acceptors (Lipinski definition) is 2. The van der Waals surface area contributed by atoms with Crippen LogP contribution < -0.4 is 9.47 Å². The van der Waals surface area contributed by atoms with Crippen LogP contribution in [0.15, 0.2) is 12.1 Å². The summed E-state index contributed by atoms with van der Waals surface area (Å²) in [4.78, 5) is 0. The molecule has 0 saturated heterocycles. The Bertz CT molecular complexity index is 465. The molecule has 0 N–H and O–H groups in total. The molecule has 17 heavy (non-hydrogen) atoms. The minimum absolute atomic E-state index is 0.0309. The van der Waals surface area contributed by atoms with Crippen molar-refractivity contribution in [1.29, 1.82) is 0 Å². The van der Waals surface area contributed by atoms with Crippen molar-refractivity contribution in [3.05, 3.63) is 22.7 Å². The van der Waals surface area contributed by atoms with Gasteiger partial charge in [-0.25, -0.2) is 0 Å². The third-order valence-electron chi connectivity index (χ3n) is 2.07. The third-order valence-corrected chi connectivity index (χ3v) is 2.71. The maximum atomic E-state index is 12.8. The first-order valence-electron chi connectivity index (χ1n) is 4.29. The van der Waals surface area contributed by atoms with E-state index in [0.29, 0.717) is 0 Å². The van der Waals surface area contributed by atoms with Gasteiger partial charge in [-0.05, 0) is 11.6 Å². The molecule has 1 heterocycles. The van der Waals surface area contributed by atoms with E-state index in [9.17, 15) is 17.6 Å². The topological polar surface area (TPSA) is 18.5 Å². The summed E-state index contributed by atoms with van der Waals surface area (Å²) in [6.07, 6.45) is -9.48. The van der Waals surface area contributed by atoms with E-state index < -0.39 is 23.7 Å². The molecule has 0 aromatic heterocycles. The number of hydrogen-bond donors (Lipinski definition) is 0. The van der Waals surface area contributed by atoms with Gasteiger partial charge in [-0.15, -0.1) is 11.6 Å². The molecule has 0 unspecified atom stereocenters. The molecule has 8 heteroatoms. The van der Waals surface area contributed by atoms with Crippen LogP contribution in [0.4, 0.5) is 17.6 Å². The molecule has 1 aliphatic rings. The number of rotatable bonds is 1. The molecule has 1 aromatic carbocycles. The lowest BCUT2D eigenvalue weighted by Gasteiger charge is -2.32. The second kappa shape index (κ2) is 3.81. The van der Waals surface area contributed by atoms with Gasteiger partial charge in [0.05, 0.1) is 0 Å². The summed E-state index contributed by atoms with van der Waals surface area (Å²) in [6, 6.07) is 1.99. The number of alkyl halides is 5. The maximum absolute atomic E-state index is 12.8. The number of ether oxygens (including phenoxy) is 2. The second-order valence-electron chi connectivity index (χ2n) is 3.26. The van der Waals surface area contributed by atoms with Gasteiger partial charge < -0.3 is 9.47 Å². The summed E-state index contributed by atoms with van der Waals surface area (Å²) in [5.74, 6) is -1.15. The maximum Gasteiger partial charge on any atom is 0.507 e. The molecular weight excluding hydrogens is 287 g/mol. The predicted octanol–water partition coefficient (Wildman–Crippen LogP) is 4.04. The van der Waals surface area contributed by atoms with Crippen LogP contribution >= 0.6 is 23.2 Å². The fourth-order valence-corrected chi connectivity index (χ4v) is 1.74. The molecular formula is C9H4Cl2F4O2. The third kappa shape index (κ3) is 1.99. The van der Waals surface area contributed by atoms with Gasteiger partial charge in [-0.3, -0.25) is 0 Å². The molecule has 1 aliphatic heterocycles. The van der Waals surface area contributed by atoms with E-state index in [-0.39, 0.29) is 16.5 Å². The SMILES string of the molecule is FC1(F)Oc2cc(Cl)c(CCl)cc2OC1(F)F. The molecule has 0 radical (unpaired) electrons. The van der Waals surface area contributed by atoms with E-state index in [0.717, 1.165) is 12.1 Å². The van der Waals surface area contributed by atoms with E-state index in [1.807, 2.05) is 0 Å². The first-order valence-corrected chi connectivity index (χ1v) is 5.20. The van der Waals surface area contributed by atoms with E-state index in [2.05, 4.69) is 9.47 Å². The zero-order chi connectivity index (χ0) is 12.8. The van der Waals surface area contributed by atoms with Crippen LogP contribution in [0, 0.1) is 0 Å². The lowest BCUT2D eigenvalue weighted by atomic mass is 10.2. The van der Waals surface area contributed by atoms with Crippen LogP contribution in [-0.2, 0) is 5.88 Å². The molecule has 0 amide bonds. The number of benzene rings is 1. The molecule has 2 nitrogen and oxygen atoms in total. The van der Waals surface area contributed by atoms with Crippen molar-refractivity contribution in [3.8, 4) is 11.5 Å². The summed E-state index contributed by atoms with van der Waals surface area (Å²) in [5, 5.41) is 0.0309. The first kappa shape index (κ1) is 12.6. The lowest BCUT2D eigenvalue weighted by Crippen LogP contribution is -2.52. The molecule has 1 aromatic rings. The van der Waals surface area contributed by atoms with Crippen molar-refractivity contribution in [2.24, 2.45) is 0 Å². The summed E-state index contributed by atoms with van der Waals surface area (Å²) in [5.41, 5.74) is 0.275. The molecule has 0 saturated carbocycles. The molecule has 0 bridgehead atoms. The molecule has 0 aliphatic carbocycles. The summed E-state index contributed by atoms with van der Waals surface area (Å²) < 4.78 is 59.1. The lowest BCUT2D eigenvalue weighted by molar-refractivity contribution is -0.391. The Hall–Kier alpha value is -0.880. The van der Waals surface area contributed by atoms with Crippen molar-refractivity contribution in [2.45, 2.75) is 18.1 Å². The van der Waals surface area contributed by atoms with Crippen LogP contribution in [0.3, 0.4) is 0 Å². The highest BCUT2D eigenvalue weighted by atomic mass is 35.5. The Morgan fingerprint density at radius 3 is 1.94 bits per heavy atom. The Labute approximate surface area is 103 Å². The van der Waals surface area contributed by atoms with Crippen LogP contribution in [0.1, 0.15) is 5.56 Å². The summed E-state index contributed by atoms with van der Waals surface area (Å²) in [7, 11) is 0. The molecule has 2 rings (SSSR count). The Kier molecular flexibility index (Phi) is 2.82. The minimum Gasteiger partial charge on any atom is -0.421 e. The van der Waals surface area contributed by atoms with Crippen LogP contribution in [-0.4, -0.2) is 12.2 Å². The van der Waals surface area contributed by atoms with Crippen molar-refractivity contribution in [3.63, 3.8) is 0 Å². The van der Waals surface area contributed by atoms with Crippen molar-refractivity contribution in [1.82, 2.24) is 0 Å². The van der Waals surface area contributed by atoms with Gasteiger partial charge >= 0.3 is 12.2 Å². The van der Waals surface area contributed by atoms with Crippen LogP contribution in [0.25, 0.3) is 0 Å². The second-order valence-corrected chi connectivity index (χ2v) is 3.94. The van der Waals surface area contributed by atoms with Gasteiger partial charge in [-0.2, -0.15) is 17.6 Å². The van der Waals surface area contributed by atoms with E-state index in [1.165, 1.54) is 0 Å². The van der Waals surface area contributed by atoms with Gasteiger partial charge in [-0.1, -0.05) is 11.6 Å². The molecule has 0 atom stereocenters. The van der Waals surface area contributed by atoms with Crippen LogP contribution in [0.2, 0.25) is 5.02 Å². The highest BCUT2D eigenvalue weighted by molar-refractivity contribution is 6.32. The summed E-state index contributed by atoms with van der Waals surface area (Å²) >= 11 is 11.2. The fraction of sp³-hybridized carbons (Fsp3) is 0.333. The molecule has 0 fully saturated rings. The Morgan fingerprint density at radius 2 is 1.47 bits per heavy atom. The summed E-state index contributed by atoms with van der Waals surface area (Å²) in [6.45, 7) is 0. The quantitative estimate of drug-likeness (QED) is 0.574. The number of halogens is 6. The standard InChI is InChI=1S/C9H4Cl2F4O2/c10-3-4-1-6-7(2-5(4)11)17-9(14,15)8(12,13)16-6/h1-2H,3H2. The van der Waals surface area contributed by atoms with E-state index in [1.54, 1.807) is 0 Å². The Morgan fingerprint density at radius 1 is 1.00 bits per heavy atom. The smallest absolute Gasteiger partial charge is 0.421 e. The van der Waals surface area contributed by atoms with Gasteiger partial charge in [0.2, 0.25) is 0 Å².